The molecule has 7 heteroatoms. The third kappa shape index (κ3) is 1.94. The normalized spacial score (nSPS) is 22.4. The Morgan fingerprint density at radius 1 is 1.45 bits per heavy atom. The first-order chi connectivity index (χ1) is 9.51. The lowest BCUT2D eigenvalue weighted by atomic mass is 10.0. The van der Waals surface area contributed by atoms with E-state index in [0.717, 1.165) is 6.42 Å². The van der Waals surface area contributed by atoms with Crippen LogP contribution in [0.2, 0.25) is 0 Å². The number of aryl methyl sites for hydroxylation is 1. The Balaban J connectivity index is 2.15. The Bertz CT molecular complexity index is 648. The predicted octanol–water partition coefficient (Wildman–Crippen LogP) is 1.51. The number of nitrogen functional groups attached to an aromatic ring is 1. The van der Waals surface area contributed by atoms with Gasteiger partial charge in [-0.1, -0.05) is 0 Å². The van der Waals surface area contributed by atoms with Crippen molar-refractivity contribution >= 4 is 5.69 Å². The number of tetrazole rings is 1. The quantitative estimate of drug-likeness (QED) is 0.842. The van der Waals surface area contributed by atoms with Crippen LogP contribution in [0.3, 0.4) is 0 Å². The smallest absolute Gasteiger partial charge is 0.185 e. The first-order valence-electron chi connectivity index (χ1n) is 6.44. The molecule has 0 bridgehead atoms. The minimum atomic E-state index is -0.357. The van der Waals surface area contributed by atoms with Gasteiger partial charge in [0.15, 0.2) is 5.82 Å². The molecule has 2 aromatic rings. The molecule has 0 amide bonds. The van der Waals surface area contributed by atoms with Crippen LogP contribution in [0, 0.1) is 12.7 Å². The lowest BCUT2D eigenvalue weighted by molar-refractivity contribution is 0.155. The molecule has 1 saturated heterocycles. The van der Waals surface area contributed by atoms with E-state index in [2.05, 4.69) is 15.5 Å². The molecule has 1 aliphatic heterocycles. The van der Waals surface area contributed by atoms with Crippen molar-refractivity contribution in [2.45, 2.75) is 25.8 Å². The largest absolute Gasteiger partial charge is 0.399 e. The summed E-state index contributed by atoms with van der Waals surface area (Å²) < 4.78 is 21.4. The van der Waals surface area contributed by atoms with Gasteiger partial charge >= 0.3 is 0 Å². The van der Waals surface area contributed by atoms with Gasteiger partial charge in [0.2, 0.25) is 0 Å². The van der Waals surface area contributed by atoms with Crippen molar-refractivity contribution < 1.29 is 9.13 Å². The highest BCUT2D eigenvalue weighted by atomic mass is 19.1. The van der Waals surface area contributed by atoms with Crippen molar-refractivity contribution in [3.05, 3.63) is 23.5 Å². The number of halogens is 1. The van der Waals surface area contributed by atoms with Crippen LogP contribution in [0.15, 0.2) is 12.1 Å². The molecule has 0 aliphatic carbocycles. The summed E-state index contributed by atoms with van der Waals surface area (Å²) in [4.78, 5) is 0. The monoisotopic (exact) mass is 277 g/mol. The Morgan fingerprint density at radius 3 is 2.95 bits per heavy atom. The molecule has 2 heterocycles. The number of hydrogen-bond donors (Lipinski definition) is 1. The maximum atomic E-state index is 14.3. The van der Waals surface area contributed by atoms with Gasteiger partial charge in [-0.2, -0.15) is 0 Å². The molecule has 20 heavy (non-hydrogen) atoms. The van der Waals surface area contributed by atoms with Crippen LogP contribution in [-0.4, -0.2) is 33.4 Å². The molecule has 0 spiro atoms. The molecule has 1 aromatic heterocycles. The zero-order valence-corrected chi connectivity index (χ0v) is 11.4. The number of benzene rings is 1. The maximum absolute atomic E-state index is 14.3. The van der Waals surface area contributed by atoms with Crippen LogP contribution in [0.1, 0.15) is 18.9 Å². The van der Waals surface area contributed by atoms with Crippen molar-refractivity contribution in [3.8, 4) is 11.4 Å². The summed E-state index contributed by atoms with van der Waals surface area (Å²) in [7, 11) is 0. The summed E-state index contributed by atoms with van der Waals surface area (Å²) in [6.45, 7) is 4.82. The van der Waals surface area contributed by atoms with Gasteiger partial charge in [-0.15, -0.1) is 5.10 Å². The average molecular weight is 277 g/mol. The Hall–Kier alpha value is -2.02. The van der Waals surface area contributed by atoms with Gasteiger partial charge in [-0.05, 0) is 48.4 Å². The van der Waals surface area contributed by atoms with Crippen molar-refractivity contribution in [1.29, 1.82) is 0 Å². The van der Waals surface area contributed by atoms with Gasteiger partial charge < -0.3 is 10.5 Å². The number of nitrogens with two attached hydrogens (primary N) is 1. The van der Waals surface area contributed by atoms with E-state index in [1.807, 2.05) is 6.92 Å². The maximum Gasteiger partial charge on any atom is 0.185 e. The molecule has 0 saturated carbocycles. The van der Waals surface area contributed by atoms with Crippen LogP contribution >= 0.6 is 0 Å². The van der Waals surface area contributed by atoms with Crippen molar-refractivity contribution in [2.75, 3.05) is 18.9 Å². The van der Waals surface area contributed by atoms with Crippen LogP contribution in [-0.2, 0) is 10.3 Å². The van der Waals surface area contributed by atoms with Gasteiger partial charge in [-0.25, -0.2) is 9.07 Å². The zero-order valence-electron chi connectivity index (χ0n) is 11.4. The lowest BCUT2D eigenvalue weighted by Crippen LogP contribution is -2.32. The van der Waals surface area contributed by atoms with E-state index < -0.39 is 0 Å². The molecule has 1 aromatic carbocycles. The lowest BCUT2D eigenvalue weighted by Gasteiger charge is -2.23. The number of ether oxygens (including phenoxy) is 1. The fourth-order valence-electron chi connectivity index (χ4n) is 2.50. The van der Waals surface area contributed by atoms with Gasteiger partial charge in [-0.3, -0.25) is 0 Å². The van der Waals surface area contributed by atoms with Crippen molar-refractivity contribution in [2.24, 2.45) is 0 Å². The summed E-state index contributed by atoms with van der Waals surface area (Å²) in [5, 5.41) is 11.7. The Kier molecular flexibility index (Phi) is 2.93. The number of hydrogen-bond acceptors (Lipinski definition) is 5. The number of nitrogens with zero attached hydrogens (tertiary/aromatic N) is 4. The average Bonchev–Trinajstić information content (AvgIpc) is 3.03. The second kappa shape index (κ2) is 4.52. The van der Waals surface area contributed by atoms with E-state index in [1.165, 1.54) is 0 Å². The highest BCUT2D eigenvalue weighted by Crippen LogP contribution is 2.32. The summed E-state index contributed by atoms with van der Waals surface area (Å²) in [5.74, 6) is 0.0312. The molecular weight excluding hydrogens is 261 g/mol. The molecule has 1 aliphatic rings. The SMILES string of the molecule is Cc1cc(N)cc(-c2nnnn2C2(C)CCOC2)c1F. The molecule has 6 nitrogen and oxygen atoms in total. The van der Waals surface area contributed by atoms with E-state index >= 15 is 0 Å². The topological polar surface area (TPSA) is 78.9 Å². The van der Waals surface area contributed by atoms with Gasteiger partial charge in [0.25, 0.3) is 0 Å². The first-order valence-corrected chi connectivity index (χ1v) is 6.44. The molecule has 1 atom stereocenters. The third-order valence-electron chi connectivity index (χ3n) is 3.70. The van der Waals surface area contributed by atoms with Crippen LogP contribution in [0.4, 0.5) is 10.1 Å². The fourth-order valence-corrected chi connectivity index (χ4v) is 2.50. The number of rotatable bonds is 2. The van der Waals surface area contributed by atoms with Crippen LogP contribution < -0.4 is 5.73 Å². The molecule has 106 valence electrons. The summed E-state index contributed by atoms with van der Waals surface area (Å²) >= 11 is 0. The minimum Gasteiger partial charge on any atom is -0.399 e. The van der Waals surface area contributed by atoms with Gasteiger partial charge in [0.1, 0.15) is 5.82 Å². The standard InChI is InChI=1S/C13H16FN5O/c1-8-5-9(15)6-10(11(8)14)12-16-17-18-19(12)13(2)3-4-20-7-13/h5-6H,3-4,7,15H2,1-2H3. The van der Waals surface area contributed by atoms with E-state index in [0.29, 0.717) is 35.9 Å². The second-order valence-electron chi connectivity index (χ2n) is 5.41. The number of aromatic nitrogens is 4. The second-order valence-corrected chi connectivity index (χ2v) is 5.41. The number of anilines is 1. The predicted molar refractivity (Wildman–Crippen MR) is 71.4 cm³/mol. The van der Waals surface area contributed by atoms with Crippen LogP contribution in [0.25, 0.3) is 11.4 Å². The molecule has 1 unspecified atom stereocenters. The summed E-state index contributed by atoms with van der Waals surface area (Å²) in [6, 6.07) is 3.15. The van der Waals surface area contributed by atoms with Crippen LogP contribution in [0.5, 0.6) is 0 Å². The third-order valence-corrected chi connectivity index (χ3v) is 3.70. The fraction of sp³-hybridized carbons (Fsp3) is 0.462. The minimum absolute atomic E-state index is 0.320. The highest BCUT2D eigenvalue weighted by Gasteiger charge is 2.36. The Labute approximate surface area is 115 Å². The zero-order chi connectivity index (χ0) is 14.3. The molecular formula is C13H16FN5O. The highest BCUT2D eigenvalue weighted by molar-refractivity contribution is 5.63. The summed E-state index contributed by atoms with van der Waals surface area (Å²) in [5.41, 5.74) is 6.73. The van der Waals surface area contributed by atoms with Crippen molar-refractivity contribution in [3.63, 3.8) is 0 Å². The van der Waals surface area contributed by atoms with E-state index in [-0.39, 0.29) is 11.4 Å². The molecule has 1 fully saturated rings. The van der Waals surface area contributed by atoms with E-state index in [4.69, 9.17) is 10.5 Å². The van der Waals surface area contributed by atoms with Gasteiger partial charge in [0.05, 0.1) is 17.7 Å². The summed E-state index contributed by atoms with van der Waals surface area (Å²) in [6.07, 6.45) is 0.786. The molecule has 0 radical (unpaired) electrons. The van der Waals surface area contributed by atoms with E-state index in [9.17, 15) is 4.39 Å². The molecule has 3 rings (SSSR count). The van der Waals surface area contributed by atoms with E-state index in [1.54, 1.807) is 23.7 Å². The first kappa shape index (κ1) is 13.0. The van der Waals surface area contributed by atoms with Gasteiger partial charge in [0, 0.05) is 12.3 Å². The molecule has 2 N–H and O–H groups in total. The Morgan fingerprint density at radius 2 is 2.25 bits per heavy atom. The van der Waals surface area contributed by atoms with Crippen molar-refractivity contribution in [1.82, 2.24) is 20.2 Å².